The third-order valence-corrected chi connectivity index (χ3v) is 1.19. The van der Waals surface area contributed by atoms with E-state index in [1.165, 1.54) is 5.57 Å². The van der Waals surface area contributed by atoms with Crippen molar-refractivity contribution in [3.63, 3.8) is 0 Å². The molecule has 0 aromatic rings. The minimum Gasteiger partial charge on any atom is -0.299 e. The second kappa shape index (κ2) is 6.00. The topological polar surface area (TPSA) is 3.24 Å². The summed E-state index contributed by atoms with van der Waals surface area (Å²) in [5.74, 6) is 6.16. The summed E-state index contributed by atoms with van der Waals surface area (Å²) in [6, 6.07) is 0. The molecule has 0 aliphatic heterocycles. The van der Waals surface area contributed by atoms with Crippen LogP contribution in [0, 0.1) is 11.8 Å². The Labute approximate surface area is 70.1 Å². The fraction of sp³-hybridized carbons (Fsp3) is 0.600. The lowest BCUT2D eigenvalue weighted by Gasteiger charge is -2.00. The first kappa shape index (κ1) is 10.3. The maximum absolute atomic E-state index is 3.08. The summed E-state index contributed by atoms with van der Waals surface area (Å²) in [7, 11) is 4.04. The van der Waals surface area contributed by atoms with Crippen LogP contribution < -0.4 is 0 Å². The van der Waals surface area contributed by atoms with Gasteiger partial charge in [-0.25, -0.2) is 0 Å². The Kier molecular flexibility index (Phi) is 5.60. The summed E-state index contributed by atoms with van der Waals surface area (Å²) in [6.07, 6.45) is 3.21. The van der Waals surface area contributed by atoms with Crippen molar-refractivity contribution >= 4 is 0 Å². The smallest absolute Gasteiger partial charge is 0.0600 e. The number of allylic oxidation sites excluding steroid dienone is 2. The molecule has 1 nitrogen and oxygen atoms in total. The quantitative estimate of drug-likeness (QED) is 0.545. The number of rotatable bonds is 2. The standard InChI is InChI=1S/C10H17N/c1-5-7-10(2)8-6-9-11(3)4/h7H,5,9H2,1-4H3/b10-7+. The van der Waals surface area contributed by atoms with Crippen LogP contribution in [0.3, 0.4) is 0 Å². The summed E-state index contributed by atoms with van der Waals surface area (Å²) in [4.78, 5) is 2.06. The van der Waals surface area contributed by atoms with Gasteiger partial charge in [0.05, 0.1) is 6.54 Å². The van der Waals surface area contributed by atoms with Gasteiger partial charge >= 0.3 is 0 Å². The summed E-state index contributed by atoms with van der Waals surface area (Å²) in [6.45, 7) is 5.01. The van der Waals surface area contributed by atoms with Crippen molar-refractivity contribution in [2.75, 3.05) is 20.6 Å². The van der Waals surface area contributed by atoms with Crippen LogP contribution in [0.25, 0.3) is 0 Å². The molecule has 0 saturated carbocycles. The molecule has 0 radical (unpaired) electrons. The molecule has 0 aromatic carbocycles. The average molecular weight is 151 g/mol. The van der Waals surface area contributed by atoms with Crippen LogP contribution in [0.15, 0.2) is 11.6 Å². The molecule has 0 rings (SSSR count). The molecule has 0 fully saturated rings. The van der Waals surface area contributed by atoms with Gasteiger partial charge in [-0.15, -0.1) is 0 Å². The Morgan fingerprint density at radius 2 is 2.09 bits per heavy atom. The van der Waals surface area contributed by atoms with Crippen LogP contribution in [0.4, 0.5) is 0 Å². The van der Waals surface area contributed by atoms with Gasteiger partial charge in [-0.1, -0.05) is 24.8 Å². The summed E-state index contributed by atoms with van der Waals surface area (Å²) in [5, 5.41) is 0. The Hall–Kier alpha value is -0.740. The zero-order valence-electron chi connectivity index (χ0n) is 7.94. The molecule has 62 valence electrons. The number of hydrogen-bond acceptors (Lipinski definition) is 1. The molecule has 0 spiro atoms. The van der Waals surface area contributed by atoms with Crippen molar-refractivity contribution in [3.8, 4) is 11.8 Å². The maximum atomic E-state index is 3.08. The summed E-state index contributed by atoms with van der Waals surface area (Å²) in [5.41, 5.74) is 1.18. The van der Waals surface area contributed by atoms with Crippen LogP contribution in [-0.2, 0) is 0 Å². The SMILES string of the molecule is CC/C=C(\C)C#CCN(C)C. The van der Waals surface area contributed by atoms with E-state index < -0.39 is 0 Å². The van der Waals surface area contributed by atoms with Crippen LogP contribution in [0.2, 0.25) is 0 Å². The van der Waals surface area contributed by atoms with E-state index in [0.29, 0.717) is 0 Å². The fourth-order valence-electron chi connectivity index (χ4n) is 0.694. The van der Waals surface area contributed by atoms with Crippen LogP contribution in [-0.4, -0.2) is 25.5 Å². The highest BCUT2D eigenvalue weighted by atomic mass is 15.0. The molecule has 0 aromatic heterocycles. The van der Waals surface area contributed by atoms with E-state index in [0.717, 1.165) is 13.0 Å². The molecule has 0 aliphatic rings. The van der Waals surface area contributed by atoms with Crippen molar-refractivity contribution in [2.24, 2.45) is 0 Å². The highest BCUT2D eigenvalue weighted by Crippen LogP contribution is 1.91. The van der Waals surface area contributed by atoms with E-state index in [1.807, 2.05) is 21.0 Å². The van der Waals surface area contributed by atoms with E-state index in [1.54, 1.807) is 0 Å². The molecule has 0 saturated heterocycles. The van der Waals surface area contributed by atoms with Gasteiger partial charge in [0.25, 0.3) is 0 Å². The zero-order chi connectivity index (χ0) is 8.69. The molecule has 0 aliphatic carbocycles. The first-order valence-corrected chi connectivity index (χ1v) is 3.97. The number of nitrogens with zero attached hydrogens (tertiary/aromatic N) is 1. The molecule has 0 heterocycles. The van der Waals surface area contributed by atoms with Gasteiger partial charge in [-0.05, 0) is 33.0 Å². The number of hydrogen-bond donors (Lipinski definition) is 0. The van der Waals surface area contributed by atoms with Crippen LogP contribution >= 0.6 is 0 Å². The third kappa shape index (κ3) is 7.15. The van der Waals surface area contributed by atoms with Crippen molar-refractivity contribution in [3.05, 3.63) is 11.6 Å². The Bertz CT molecular complexity index is 179. The van der Waals surface area contributed by atoms with Crippen LogP contribution in [0.5, 0.6) is 0 Å². The predicted octanol–water partition coefficient (Wildman–Crippen LogP) is 1.91. The van der Waals surface area contributed by atoms with E-state index in [2.05, 4.69) is 29.7 Å². The lowest BCUT2D eigenvalue weighted by Crippen LogP contribution is -2.10. The third-order valence-electron chi connectivity index (χ3n) is 1.19. The second-order valence-electron chi connectivity index (χ2n) is 2.83. The lowest BCUT2D eigenvalue weighted by molar-refractivity contribution is 0.464. The van der Waals surface area contributed by atoms with Gasteiger partial charge in [-0.3, -0.25) is 4.90 Å². The largest absolute Gasteiger partial charge is 0.299 e. The van der Waals surface area contributed by atoms with E-state index in [9.17, 15) is 0 Å². The van der Waals surface area contributed by atoms with E-state index in [-0.39, 0.29) is 0 Å². The highest BCUT2D eigenvalue weighted by Gasteiger charge is 1.81. The monoisotopic (exact) mass is 151 g/mol. The van der Waals surface area contributed by atoms with Crippen molar-refractivity contribution < 1.29 is 0 Å². The Morgan fingerprint density at radius 3 is 2.55 bits per heavy atom. The summed E-state index contributed by atoms with van der Waals surface area (Å²) >= 11 is 0. The van der Waals surface area contributed by atoms with Crippen molar-refractivity contribution in [1.29, 1.82) is 0 Å². The van der Waals surface area contributed by atoms with Crippen LogP contribution in [0.1, 0.15) is 20.3 Å². The normalized spacial score (nSPS) is 11.2. The molecule has 0 N–H and O–H groups in total. The van der Waals surface area contributed by atoms with Gasteiger partial charge in [0.1, 0.15) is 0 Å². The average Bonchev–Trinajstić information content (AvgIpc) is 1.87. The molecule has 11 heavy (non-hydrogen) atoms. The molecular formula is C10H17N. The Morgan fingerprint density at radius 1 is 1.45 bits per heavy atom. The first-order chi connectivity index (χ1) is 5.16. The first-order valence-electron chi connectivity index (χ1n) is 3.97. The van der Waals surface area contributed by atoms with Crippen molar-refractivity contribution in [2.45, 2.75) is 20.3 Å². The van der Waals surface area contributed by atoms with E-state index in [4.69, 9.17) is 0 Å². The minimum absolute atomic E-state index is 0.842. The zero-order valence-corrected chi connectivity index (χ0v) is 7.94. The molecule has 0 amide bonds. The minimum atomic E-state index is 0.842. The predicted molar refractivity (Wildman–Crippen MR) is 50.4 cm³/mol. The van der Waals surface area contributed by atoms with Gasteiger partial charge in [0.2, 0.25) is 0 Å². The molecular weight excluding hydrogens is 134 g/mol. The van der Waals surface area contributed by atoms with E-state index >= 15 is 0 Å². The Balaban J connectivity index is 3.78. The summed E-state index contributed by atoms with van der Waals surface area (Å²) < 4.78 is 0. The molecule has 1 heteroatoms. The maximum Gasteiger partial charge on any atom is 0.0600 e. The van der Waals surface area contributed by atoms with Gasteiger partial charge in [-0.2, -0.15) is 0 Å². The van der Waals surface area contributed by atoms with Gasteiger partial charge in [0.15, 0.2) is 0 Å². The van der Waals surface area contributed by atoms with Crippen molar-refractivity contribution in [1.82, 2.24) is 4.90 Å². The molecule has 0 unspecified atom stereocenters. The fourth-order valence-corrected chi connectivity index (χ4v) is 0.694. The van der Waals surface area contributed by atoms with Gasteiger partial charge < -0.3 is 0 Å². The molecule has 0 atom stereocenters. The van der Waals surface area contributed by atoms with Gasteiger partial charge in [0, 0.05) is 0 Å². The highest BCUT2D eigenvalue weighted by molar-refractivity contribution is 5.26. The second-order valence-corrected chi connectivity index (χ2v) is 2.83. The molecule has 0 bridgehead atoms. The lowest BCUT2D eigenvalue weighted by atomic mass is 10.2.